The van der Waals surface area contributed by atoms with Crippen molar-refractivity contribution in [2.75, 3.05) is 37.6 Å². The van der Waals surface area contributed by atoms with Gasteiger partial charge in [-0.05, 0) is 25.1 Å². The number of nitrogens with zero attached hydrogens (tertiary/aromatic N) is 3. The summed E-state index contributed by atoms with van der Waals surface area (Å²) in [5.41, 5.74) is 0. The van der Waals surface area contributed by atoms with E-state index in [2.05, 4.69) is 33.8 Å². The van der Waals surface area contributed by atoms with E-state index in [-0.39, 0.29) is 0 Å². The van der Waals surface area contributed by atoms with Crippen LogP contribution >= 0.6 is 0 Å². The van der Waals surface area contributed by atoms with Crippen LogP contribution in [0.4, 0.5) is 5.82 Å². The van der Waals surface area contributed by atoms with E-state index in [1.54, 1.807) is 0 Å². The molecule has 2 heterocycles. The molecule has 0 amide bonds. The molecular formula is C16H29N3. The second kappa shape index (κ2) is 9.79. The summed E-state index contributed by atoms with van der Waals surface area (Å²) in [5.74, 6) is 1.13. The summed E-state index contributed by atoms with van der Waals surface area (Å²) >= 11 is 0. The molecular weight excluding hydrogens is 234 g/mol. The van der Waals surface area contributed by atoms with E-state index in [9.17, 15) is 0 Å². The van der Waals surface area contributed by atoms with E-state index in [0.29, 0.717) is 0 Å². The zero-order valence-corrected chi connectivity index (χ0v) is 12.8. The van der Waals surface area contributed by atoms with Crippen LogP contribution in [0.3, 0.4) is 0 Å². The number of anilines is 1. The van der Waals surface area contributed by atoms with Gasteiger partial charge >= 0.3 is 0 Å². The number of pyridine rings is 1. The first-order valence-corrected chi connectivity index (χ1v) is 7.78. The van der Waals surface area contributed by atoms with Gasteiger partial charge in [-0.1, -0.05) is 39.7 Å². The quantitative estimate of drug-likeness (QED) is 0.759. The molecule has 19 heavy (non-hydrogen) atoms. The third-order valence-corrected chi connectivity index (χ3v) is 3.42. The number of hydrogen-bond acceptors (Lipinski definition) is 3. The summed E-state index contributed by atoms with van der Waals surface area (Å²) in [5, 5.41) is 0. The smallest absolute Gasteiger partial charge is 0.128 e. The van der Waals surface area contributed by atoms with Gasteiger partial charge in [0.1, 0.15) is 5.82 Å². The van der Waals surface area contributed by atoms with Crippen molar-refractivity contribution in [1.82, 2.24) is 9.88 Å². The van der Waals surface area contributed by atoms with Gasteiger partial charge in [0, 0.05) is 32.4 Å². The molecule has 108 valence electrons. The summed E-state index contributed by atoms with van der Waals surface area (Å²) in [4.78, 5) is 9.37. The van der Waals surface area contributed by atoms with E-state index >= 15 is 0 Å². The predicted molar refractivity (Wildman–Crippen MR) is 83.8 cm³/mol. The molecule has 2 rings (SSSR count). The molecule has 1 aromatic heterocycles. The number of aromatic nitrogens is 1. The fraction of sp³-hybridized carbons (Fsp3) is 0.688. The molecule has 0 aliphatic carbocycles. The number of unbranched alkanes of at least 4 members (excludes halogenated alkanes) is 2. The summed E-state index contributed by atoms with van der Waals surface area (Å²) in [6.45, 7) is 12.1. The molecule has 0 N–H and O–H groups in total. The first-order chi connectivity index (χ1) is 9.40. The van der Waals surface area contributed by atoms with E-state index in [4.69, 9.17) is 0 Å². The summed E-state index contributed by atoms with van der Waals surface area (Å²) in [6, 6.07) is 6.15. The highest BCUT2D eigenvalue weighted by molar-refractivity contribution is 5.38. The van der Waals surface area contributed by atoms with Crippen molar-refractivity contribution in [3.8, 4) is 0 Å². The predicted octanol–water partition coefficient (Wildman–Crippen LogP) is 3.42. The van der Waals surface area contributed by atoms with Crippen LogP contribution in [0.2, 0.25) is 0 Å². The number of hydrogen-bond donors (Lipinski definition) is 0. The van der Waals surface area contributed by atoms with Crippen molar-refractivity contribution in [3.05, 3.63) is 24.4 Å². The van der Waals surface area contributed by atoms with Crippen molar-refractivity contribution in [2.24, 2.45) is 0 Å². The Balaban J connectivity index is 0.000000861. The van der Waals surface area contributed by atoms with Gasteiger partial charge < -0.3 is 4.90 Å². The van der Waals surface area contributed by atoms with Gasteiger partial charge in [0.05, 0.1) is 0 Å². The van der Waals surface area contributed by atoms with Crippen LogP contribution in [0.1, 0.15) is 40.0 Å². The normalized spacial score (nSPS) is 15.8. The highest BCUT2D eigenvalue weighted by atomic mass is 15.3. The monoisotopic (exact) mass is 263 g/mol. The second-order valence-electron chi connectivity index (χ2n) is 4.72. The Bertz CT molecular complexity index is 305. The van der Waals surface area contributed by atoms with Crippen LogP contribution in [-0.2, 0) is 0 Å². The van der Waals surface area contributed by atoms with Gasteiger partial charge in [-0.3, -0.25) is 4.90 Å². The van der Waals surface area contributed by atoms with Crippen LogP contribution in [-0.4, -0.2) is 42.6 Å². The largest absolute Gasteiger partial charge is 0.354 e. The summed E-state index contributed by atoms with van der Waals surface area (Å²) in [7, 11) is 0. The Hall–Kier alpha value is -1.09. The molecule has 3 heteroatoms. The topological polar surface area (TPSA) is 19.4 Å². The van der Waals surface area contributed by atoms with Crippen molar-refractivity contribution in [2.45, 2.75) is 40.0 Å². The standard InChI is InChI=1S/C14H23N3.C2H6/c1-2-3-6-9-16-10-12-17(13-11-16)14-7-4-5-8-15-14;1-2/h4-5,7-8H,2-3,6,9-13H2,1H3;1-2H3. The van der Waals surface area contributed by atoms with Gasteiger partial charge in [0.15, 0.2) is 0 Å². The van der Waals surface area contributed by atoms with Crippen LogP contribution in [0.5, 0.6) is 0 Å². The number of piperazine rings is 1. The molecule has 1 aliphatic heterocycles. The molecule has 0 unspecified atom stereocenters. The Kier molecular flexibility index (Phi) is 8.23. The van der Waals surface area contributed by atoms with Gasteiger partial charge in [-0.15, -0.1) is 0 Å². The molecule has 3 nitrogen and oxygen atoms in total. The van der Waals surface area contributed by atoms with E-state index in [1.807, 2.05) is 26.1 Å². The fourth-order valence-electron chi connectivity index (χ4n) is 2.33. The van der Waals surface area contributed by atoms with E-state index in [1.165, 1.54) is 38.9 Å². The lowest BCUT2D eigenvalue weighted by atomic mass is 10.2. The second-order valence-corrected chi connectivity index (χ2v) is 4.72. The Labute approximate surface area is 118 Å². The van der Waals surface area contributed by atoms with Gasteiger partial charge in [0.25, 0.3) is 0 Å². The third kappa shape index (κ3) is 5.60. The minimum atomic E-state index is 1.11. The average molecular weight is 263 g/mol. The SMILES string of the molecule is CC.CCCCCN1CCN(c2ccccn2)CC1. The van der Waals surface area contributed by atoms with Crippen molar-refractivity contribution >= 4 is 5.82 Å². The molecule has 0 spiro atoms. The molecule has 0 radical (unpaired) electrons. The Morgan fingerprint density at radius 1 is 1.05 bits per heavy atom. The lowest BCUT2D eigenvalue weighted by molar-refractivity contribution is 0.252. The zero-order valence-electron chi connectivity index (χ0n) is 12.8. The maximum absolute atomic E-state index is 4.41. The minimum Gasteiger partial charge on any atom is -0.354 e. The lowest BCUT2D eigenvalue weighted by Gasteiger charge is -2.35. The molecule has 0 bridgehead atoms. The van der Waals surface area contributed by atoms with Crippen LogP contribution < -0.4 is 4.90 Å². The van der Waals surface area contributed by atoms with Crippen LogP contribution in [0, 0.1) is 0 Å². The maximum atomic E-state index is 4.41. The Morgan fingerprint density at radius 2 is 1.79 bits per heavy atom. The van der Waals surface area contributed by atoms with Gasteiger partial charge in [0.2, 0.25) is 0 Å². The van der Waals surface area contributed by atoms with Gasteiger partial charge in [-0.25, -0.2) is 4.98 Å². The summed E-state index contributed by atoms with van der Waals surface area (Å²) < 4.78 is 0. The van der Waals surface area contributed by atoms with E-state index < -0.39 is 0 Å². The van der Waals surface area contributed by atoms with Crippen LogP contribution in [0.15, 0.2) is 24.4 Å². The summed E-state index contributed by atoms with van der Waals surface area (Å²) in [6.07, 6.45) is 5.90. The third-order valence-electron chi connectivity index (χ3n) is 3.42. The average Bonchev–Trinajstić information content (AvgIpc) is 2.51. The van der Waals surface area contributed by atoms with Crippen LogP contribution in [0.25, 0.3) is 0 Å². The molecule has 1 aromatic rings. The van der Waals surface area contributed by atoms with Crippen molar-refractivity contribution < 1.29 is 0 Å². The molecule has 1 fully saturated rings. The highest BCUT2D eigenvalue weighted by Crippen LogP contribution is 2.12. The number of rotatable bonds is 5. The fourth-order valence-corrected chi connectivity index (χ4v) is 2.33. The van der Waals surface area contributed by atoms with Crippen molar-refractivity contribution in [3.63, 3.8) is 0 Å². The molecule has 1 aliphatic rings. The van der Waals surface area contributed by atoms with Crippen molar-refractivity contribution in [1.29, 1.82) is 0 Å². The Morgan fingerprint density at radius 3 is 2.37 bits per heavy atom. The highest BCUT2D eigenvalue weighted by Gasteiger charge is 2.16. The van der Waals surface area contributed by atoms with E-state index in [0.717, 1.165) is 18.9 Å². The lowest BCUT2D eigenvalue weighted by Crippen LogP contribution is -2.46. The maximum Gasteiger partial charge on any atom is 0.128 e. The van der Waals surface area contributed by atoms with Gasteiger partial charge in [-0.2, -0.15) is 0 Å². The molecule has 0 aromatic carbocycles. The first-order valence-electron chi connectivity index (χ1n) is 7.78. The minimum absolute atomic E-state index is 1.11. The molecule has 0 saturated carbocycles. The zero-order chi connectivity index (χ0) is 13.9. The molecule has 1 saturated heterocycles. The first kappa shape index (κ1) is 16.0. The molecule has 0 atom stereocenters.